The Kier molecular flexibility index (Phi) is 8.92. The highest BCUT2D eigenvalue weighted by atomic mass is 16.5. The lowest BCUT2D eigenvalue weighted by Crippen LogP contribution is -2.59. The van der Waals surface area contributed by atoms with Crippen LogP contribution in [-0.2, 0) is 25.5 Å². The molecule has 3 fully saturated rings. The lowest BCUT2D eigenvalue weighted by Gasteiger charge is -2.39. The number of likely N-dealkylation sites (tertiary alicyclic amines) is 1. The van der Waals surface area contributed by atoms with Crippen LogP contribution in [0.2, 0.25) is 0 Å². The molecule has 4 aromatic rings. The van der Waals surface area contributed by atoms with Crippen LogP contribution < -0.4 is 9.80 Å². The fourth-order valence-electron chi connectivity index (χ4n) is 8.37. The van der Waals surface area contributed by atoms with Gasteiger partial charge in [0.1, 0.15) is 11.6 Å². The van der Waals surface area contributed by atoms with E-state index in [4.69, 9.17) is 4.74 Å². The molecule has 7 rings (SSSR count). The van der Waals surface area contributed by atoms with Gasteiger partial charge in [0.2, 0.25) is 11.8 Å². The summed E-state index contributed by atoms with van der Waals surface area (Å²) in [6, 6.07) is 31.0. The number of nitrogens with zero attached hydrogens (tertiary/aromatic N) is 3. The third-order valence-electron chi connectivity index (χ3n) is 10.4. The fourth-order valence-corrected chi connectivity index (χ4v) is 8.37. The molecule has 0 saturated carbocycles. The lowest BCUT2D eigenvalue weighted by atomic mass is 9.70. The van der Waals surface area contributed by atoms with Gasteiger partial charge in [-0.1, -0.05) is 91.0 Å². The van der Waals surface area contributed by atoms with Crippen LogP contribution in [-0.4, -0.2) is 71.2 Å². The monoisotopic (exact) mass is 655 g/mol. The van der Waals surface area contributed by atoms with Gasteiger partial charge in [0.05, 0.1) is 30.6 Å². The number of carbonyl (C=O) groups excluding carboxylic acids is 3. The highest BCUT2D eigenvalue weighted by molar-refractivity contribution is 6.07. The molecule has 49 heavy (non-hydrogen) atoms. The Morgan fingerprint density at radius 3 is 2.16 bits per heavy atom. The van der Waals surface area contributed by atoms with E-state index in [0.717, 1.165) is 16.3 Å². The quantitative estimate of drug-likeness (QED) is 0.202. The highest BCUT2D eigenvalue weighted by Crippen LogP contribution is 2.59. The van der Waals surface area contributed by atoms with Crippen LogP contribution in [0, 0.1) is 11.8 Å². The summed E-state index contributed by atoms with van der Waals surface area (Å²) < 4.78 is 6.80. The summed E-state index contributed by atoms with van der Waals surface area (Å²) in [6.45, 7) is 7.93. The predicted octanol–water partition coefficient (Wildman–Crippen LogP) is 5.56. The first-order valence-electron chi connectivity index (χ1n) is 16.9. The number of hydrogen-bond donors (Lipinski definition) is 1. The van der Waals surface area contributed by atoms with Gasteiger partial charge in [-0.3, -0.25) is 14.4 Å². The van der Waals surface area contributed by atoms with Crippen molar-refractivity contribution in [2.45, 2.75) is 43.1 Å². The maximum atomic E-state index is 15.2. The van der Waals surface area contributed by atoms with Crippen LogP contribution in [0.4, 0.5) is 11.4 Å². The molecule has 8 heteroatoms. The number of rotatable bonds is 12. The molecular weight excluding hydrogens is 614 g/mol. The molecule has 8 nitrogen and oxygen atoms in total. The number of anilines is 2. The van der Waals surface area contributed by atoms with Gasteiger partial charge < -0.3 is 24.5 Å². The molecule has 0 aliphatic carbocycles. The third kappa shape index (κ3) is 5.55. The van der Waals surface area contributed by atoms with Gasteiger partial charge in [-0.15, -0.1) is 13.2 Å². The topological polar surface area (TPSA) is 90.4 Å². The zero-order valence-corrected chi connectivity index (χ0v) is 27.4. The minimum absolute atomic E-state index is 0.200. The van der Waals surface area contributed by atoms with E-state index in [1.165, 1.54) is 0 Å². The first kappa shape index (κ1) is 32.5. The van der Waals surface area contributed by atoms with Gasteiger partial charge in [0.25, 0.3) is 5.91 Å². The third-order valence-corrected chi connectivity index (χ3v) is 10.4. The summed E-state index contributed by atoms with van der Waals surface area (Å²) >= 11 is 0. The number of carbonyl (C=O) groups is 3. The summed E-state index contributed by atoms with van der Waals surface area (Å²) in [5.74, 6) is -2.58. The van der Waals surface area contributed by atoms with Gasteiger partial charge in [-0.2, -0.15) is 0 Å². The molecule has 2 bridgehead atoms. The summed E-state index contributed by atoms with van der Waals surface area (Å²) in [6.07, 6.45) is 4.13. The number of aliphatic hydroxyl groups excluding tert-OH is 1. The molecule has 250 valence electrons. The summed E-state index contributed by atoms with van der Waals surface area (Å²) in [5, 5.41) is 12.9. The number of ether oxygens (including phenoxy) is 1. The molecular formula is C41H41N3O5. The molecule has 6 atom stereocenters. The number of fused-ring (bicyclic) bond motifs is 2. The molecule has 3 saturated heterocycles. The fraction of sp³-hybridized carbons (Fsp3) is 0.293. The van der Waals surface area contributed by atoms with Crippen molar-refractivity contribution in [3.8, 4) is 0 Å². The van der Waals surface area contributed by atoms with Crippen molar-refractivity contribution in [1.29, 1.82) is 0 Å². The molecule has 3 heterocycles. The average molecular weight is 656 g/mol. The number of benzene rings is 4. The summed E-state index contributed by atoms with van der Waals surface area (Å²) in [7, 11) is 0. The van der Waals surface area contributed by atoms with Crippen molar-refractivity contribution in [1.82, 2.24) is 4.90 Å². The van der Waals surface area contributed by atoms with E-state index < -0.39 is 35.6 Å². The molecule has 1 N–H and O–H groups in total. The van der Waals surface area contributed by atoms with Crippen LogP contribution in [0.1, 0.15) is 18.4 Å². The zero-order chi connectivity index (χ0) is 34.1. The first-order valence-corrected chi connectivity index (χ1v) is 16.9. The molecule has 3 aliphatic heterocycles. The predicted molar refractivity (Wildman–Crippen MR) is 191 cm³/mol. The SMILES string of the molecule is C=CCN(C(=O)C1N([C@@H](CO)Cc2ccccc2)C(=O)[C@@H]2[C@@H](C(=O)N(CC=C)c3ccccc3)[C@H]3CCC12O3)c1ccc2ccccc2c1. The summed E-state index contributed by atoms with van der Waals surface area (Å²) in [4.78, 5) is 49.6. The second-order valence-corrected chi connectivity index (χ2v) is 13.2. The smallest absolute Gasteiger partial charge is 0.253 e. The average Bonchev–Trinajstić information content (AvgIpc) is 3.79. The molecule has 0 aromatic heterocycles. The van der Waals surface area contributed by atoms with Crippen LogP contribution in [0.3, 0.4) is 0 Å². The molecule has 1 spiro atoms. The van der Waals surface area contributed by atoms with Crippen LogP contribution in [0.15, 0.2) is 128 Å². The maximum Gasteiger partial charge on any atom is 0.253 e. The van der Waals surface area contributed by atoms with Crippen molar-refractivity contribution in [2.75, 3.05) is 29.5 Å². The molecule has 2 unspecified atom stereocenters. The Morgan fingerprint density at radius 2 is 1.49 bits per heavy atom. The minimum Gasteiger partial charge on any atom is -0.394 e. The van der Waals surface area contributed by atoms with Crippen molar-refractivity contribution in [3.63, 3.8) is 0 Å². The van der Waals surface area contributed by atoms with E-state index in [-0.39, 0.29) is 37.4 Å². The zero-order valence-electron chi connectivity index (χ0n) is 27.4. The Morgan fingerprint density at radius 1 is 0.857 bits per heavy atom. The maximum absolute atomic E-state index is 15.2. The van der Waals surface area contributed by atoms with Gasteiger partial charge in [-0.05, 0) is 59.9 Å². The molecule has 3 aliphatic rings. The van der Waals surface area contributed by atoms with E-state index >= 15 is 4.79 Å². The van der Waals surface area contributed by atoms with E-state index in [0.29, 0.717) is 30.6 Å². The normalized spacial score (nSPS) is 24.4. The van der Waals surface area contributed by atoms with Crippen LogP contribution >= 0.6 is 0 Å². The largest absolute Gasteiger partial charge is 0.394 e. The minimum atomic E-state index is -1.24. The van der Waals surface area contributed by atoms with Gasteiger partial charge in [0.15, 0.2) is 0 Å². The number of amides is 3. The van der Waals surface area contributed by atoms with Crippen molar-refractivity contribution >= 4 is 39.9 Å². The number of aliphatic hydroxyl groups is 1. The van der Waals surface area contributed by atoms with E-state index in [9.17, 15) is 14.7 Å². The van der Waals surface area contributed by atoms with Crippen molar-refractivity contribution in [3.05, 3.63) is 134 Å². The van der Waals surface area contributed by atoms with E-state index in [1.54, 1.807) is 26.9 Å². The molecule has 0 radical (unpaired) electrons. The second kappa shape index (κ2) is 13.5. The van der Waals surface area contributed by atoms with Gasteiger partial charge in [0, 0.05) is 24.5 Å². The molecule has 3 amide bonds. The second-order valence-electron chi connectivity index (χ2n) is 13.2. The number of hydrogen-bond acceptors (Lipinski definition) is 5. The Labute approximate surface area is 286 Å². The van der Waals surface area contributed by atoms with Crippen molar-refractivity contribution < 1.29 is 24.2 Å². The Balaban J connectivity index is 1.33. The van der Waals surface area contributed by atoms with E-state index in [1.807, 2.05) is 103 Å². The highest BCUT2D eigenvalue weighted by Gasteiger charge is 2.75. The standard InChI is InChI=1S/C41H41N3O5/c1-3-23-42(31-17-9-6-10-18-31)38(46)35-34-21-22-41(49-34)36(35)39(47)44(33(27-45)25-28-13-7-5-8-14-28)37(41)40(48)43(24-4-2)32-20-19-29-15-11-12-16-30(29)26-32/h3-20,26,33-37,45H,1-2,21-25,27H2/t33-,34-,35+,36+,37?,41?/m1/s1. The van der Waals surface area contributed by atoms with Gasteiger partial charge >= 0.3 is 0 Å². The lowest BCUT2D eigenvalue weighted by molar-refractivity contribution is -0.144. The van der Waals surface area contributed by atoms with Crippen LogP contribution in [0.25, 0.3) is 10.8 Å². The summed E-state index contributed by atoms with van der Waals surface area (Å²) in [5.41, 5.74) is 1.05. The van der Waals surface area contributed by atoms with Crippen LogP contribution in [0.5, 0.6) is 0 Å². The van der Waals surface area contributed by atoms with Gasteiger partial charge in [-0.25, -0.2) is 0 Å². The Bertz CT molecular complexity index is 1880. The van der Waals surface area contributed by atoms with E-state index in [2.05, 4.69) is 13.2 Å². The first-order chi connectivity index (χ1) is 23.9. The Hall–Kier alpha value is -5.05. The van der Waals surface area contributed by atoms with Crippen molar-refractivity contribution in [2.24, 2.45) is 11.8 Å². The molecule has 4 aromatic carbocycles. The number of para-hydroxylation sites is 1.